The monoisotopic (exact) mass is 264 g/mol. The first kappa shape index (κ1) is 13.4. The molecule has 0 aliphatic rings. The molecular formula is C13H17FN4O. The highest BCUT2D eigenvalue weighted by molar-refractivity contribution is 5.50. The summed E-state index contributed by atoms with van der Waals surface area (Å²) in [4.78, 5) is 4.06. The first-order valence-corrected chi connectivity index (χ1v) is 5.92. The van der Waals surface area contributed by atoms with E-state index in [1.165, 1.54) is 13.2 Å². The fraction of sp³-hybridized carbons (Fsp3) is 0.308. The molecule has 5 nitrogen and oxygen atoms in total. The third kappa shape index (κ3) is 2.85. The molecule has 1 aromatic heterocycles. The fourth-order valence-corrected chi connectivity index (χ4v) is 1.91. The van der Waals surface area contributed by atoms with Crippen LogP contribution in [0.3, 0.4) is 0 Å². The highest BCUT2D eigenvalue weighted by Gasteiger charge is 2.14. The summed E-state index contributed by atoms with van der Waals surface area (Å²) in [5, 5.41) is 3.24. The molecule has 0 bridgehead atoms. The van der Waals surface area contributed by atoms with E-state index in [-0.39, 0.29) is 11.8 Å². The summed E-state index contributed by atoms with van der Waals surface area (Å²) in [7, 11) is 3.33. The maximum absolute atomic E-state index is 13.3. The summed E-state index contributed by atoms with van der Waals surface area (Å²) in [5.41, 5.74) is 7.48. The van der Waals surface area contributed by atoms with E-state index in [1.807, 2.05) is 11.6 Å². The Balaban J connectivity index is 2.21. The second-order valence-corrected chi connectivity index (χ2v) is 4.21. The second-order valence-electron chi connectivity index (χ2n) is 4.21. The van der Waals surface area contributed by atoms with Crippen LogP contribution < -0.4 is 15.8 Å². The molecule has 1 heterocycles. The zero-order chi connectivity index (χ0) is 13.8. The van der Waals surface area contributed by atoms with E-state index in [2.05, 4.69) is 10.3 Å². The van der Waals surface area contributed by atoms with Gasteiger partial charge in [0.05, 0.1) is 31.4 Å². The number of anilines is 1. The van der Waals surface area contributed by atoms with Gasteiger partial charge in [0.15, 0.2) is 11.6 Å². The largest absolute Gasteiger partial charge is 0.494 e. The molecule has 2 rings (SSSR count). The average molecular weight is 264 g/mol. The topological polar surface area (TPSA) is 65.1 Å². The summed E-state index contributed by atoms with van der Waals surface area (Å²) in [6.07, 6.45) is 3.47. The van der Waals surface area contributed by atoms with Gasteiger partial charge in [0.25, 0.3) is 0 Å². The number of nitrogens with two attached hydrogens (primary N) is 1. The van der Waals surface area contributed by atoms with E-state index < -0.39 is 5.82 Å². The molecule has 1 atom stereocenters. The van der Waals surface area contributed by atoms with E-state index in [1.54, 1.807) is 24.7 Å². The molecule has 0 aliphatic heterocycles. The molecule has 1 unspecified atom stereocenters. The van der Waals surface area contributed by atoms with Gasteiger partial charge in [-0.05, 0) is 12.1 Å². The van der Waals surface area contributed by atoms with Gasteiger partial charge in [0.2, 0.25) is 0 Å². The predicted molar refractivity (Wildman–Crippen MR) is 71.6 cm³/mol. The Morgan fingerprint density at radius 2 is 2.32 bits per heavy atom. The molecule has 0 radical (unpaired) electrons. The molecule has 3 N–H and O–H groups in total. The lowest BCUT2D eigenvalue weighted by molar-refractivity contribution is 0.386. The van der Waals surface area contributed by atoms with Crippen molar-refractivity contribution in [1.29, 1.82) is 0 Å². The number of hydrogen-bond donors (Lipinski definition) is 2. The average Bonchev–Trinajstić information content (AvgIpc) is 2.84. The predicted octanol–water partition coefficient (Wildman–Crippen LogP) is 1.68. The summed E-state index contributed by atoms with van der Waals surface area (Å²) in [6, 6.07) is 4.52. The van der Waals surface area contributed by atoms with Gasteiger partial charge in [-0.25, -0.2) is 9.37 Å². The van der Waals surface area contributed by atoms with Crippen LogP contribution in [0.25, 0.3) is 0 Å². The van der Waals surface area contributed by atoms with Crippen LogP contribution in [0.15, 0.2) is 30.7 Å². The molecule has 102 valence electrons. The molecule has 6 heteroatoms. The molecule has 0 saturated heterocycles. The maximum Gasteiger partial charge on any atom is 0.165 e. The van der Waals surface area contributed by atoms with Crippen molar-refractivity contribution in [2.45, 2.75) is 6.04 Å². The smallest absolute Gasteiger partial charge is 0.165 e. The zero-order valence-corrected chi connectivity index (χ0v) is 10.9. The molecule has 0 fully saturated rings. The van der Waals surface area contributed by atoms with E-state index in [0.717, 1.165) is 11.4 Å². The van der Waals surface area contributed by atoms with Crippen molar-refractivity contribution in [1.82, 2.24) is 9.55 Å². The number of ether oxygens (including phenoxy) is 1. The molecule has 0 spiro atoms. The number of halogens is 1. The van der Waals surface area contributed by atoms with E-state index in [4.69, 9.17) is 10.5 Å². The number of nitrogens with zero attached hydrogens (tertiary/aromatic N) is 2. The number of nitrogens with one attached hydrogen (secondary N) is 1. The molecule has 1 aromatic carbocycles. The van der Waals surface area contributed by atoms with Crippen molar-refractivity contribution < 1.29 is 9.13 Å². The number of hydrogen-bond acceptors (Lipinski definition) is 4. The van der Waals surface area contributed by atoms with Gasteiger partial charge < -0.3 is 20.4 Å². The van der Waals surface area contributed by atoms with Crippen LogP contribution in [-0.2, 0) is 7.05 Å². The Hall–Kier alpha value is -2.08. The van der Waals surface area contributed by atoms with Crippen LogP contribution in [0.2, 0.25) is 0 Å². The molecule has 2 aromatic rings. The number of aromatic nitrogens is 2. The van der Waals surface area contributed by atoms with Crippen LogP contribution >= 0.6 is 0 Å². The van der Waals surface area contributed by atoms with Gasteiger partial charge in [-0.15, -0.1) is 0 Å². The Labute approximate surface area is 111 Å². The van der Waals surface area contributed by atoms with Gasteiger partial charge in [-0.3, -0.25) is 0 Å². The lowest BCUT2D eigenvalue weighted by Gasteiger charge is -2.19. The van der Waals surface area contributed by atoms with Crippen molar-refractivity contribution in [3.63, 3.8) is 0 Å². The fourth-order valence-electron chi connectivity index (χ4n) is 1.91. The van der Waals surface area contributed by atoms with Gasteiger partial charge in [0.1, 0.15) is 0 Å². The molecule has 0 aliphatic carbocycles. The van der Waals surface area contributed by atoms with Crippen LogP contribution in [-0.4, -0.2) is 23.2 Å². The van der Waals surface area contributed by atoms with Crippen molar-refractivity contribution in [3.8, 4) is 5.75 Å². The van der Waals surface area contributed by atoms with E-state index in [0.29, 0.717) is 6.54 Å². The SMILES string of the molecule is COc1cc(NC(CN)c2cncn2C)ccc1F. The summed E-state index contributed by atoms with van der Waals surface area (Å²) in [5.74, 6) is -0.191. The Bertz CT molecular complexity index is 555. The quantitative estimate of drug-likeness (QED) is 0.862. The minimum atomic E-state index is -0.391. The summed E-state index contributed by atoms with van der Waals surface area (Å²) >= 11 is 0. The third-order valence-electron chi connectivity index (χ3n) is 2.94. The van der Waals surface area contributed by atoms with Crippen LogP contribution in [0.5, 0.6) is 5.75 Å². The first-order valence-electron chi connectivity index (χ1n) is 5.92. The number of imidazole rings is 1. The standard InChI is InChI=1S/C13H17FN4O/c1-18-8-16-7-12(18)11(6-15)17-9-3-4-10(14)13(5-9)19-2/h3-5,7-8,11,17H,6,15H2,1-2H3. The molecule has 19 heavy (non-hydrogen) atoms. The minimum Gasteiger partial charge on any atom is -0.494 e. The Morgan fingerprint density at radius 3 is 2.89 bits per heavy atom. The van der Waals surface area contributed by atoms with Crippen LogP contribution in [0.1, 0.15) is 11.7 Å². The number of methoxy groups -OCH3 is 1. The second kappa shape index (κ2) is 5.71. The van der Waals surface area contributed by atoms with Crippen molar-refractivity contribution in [2.24, 2.45) is 12.8 Å². The van der Waals surface area contributed by atoms with E-state index in [9.17, 15) is 4.39 Å². The highest BCUT2D eigenvalue weighted by atomic mass is 19.1. The minimum absolute atomic E-state index is 0.0948. The molecule has 0 saturated carbocycles. The Morgan fingerprint density at radius 1 is 1.53 bits per heavy atom. The van der Waals surface area contributed by atoms with E-state index >= 15 is 0 Å². The number of aryl methyl sites for hydroxylation is 1. The van der Waals surface area contributed by atoms with Crippen molar-refractivity contribution in [2.75, 3.05) is 19.0 Å². The van der Waals surface area contributed by atoms with Gasteiger partial charge in [-0.2, -0.15) is 0 Å². The van der Waals surface area contributed by atoms with Crippen molar-refractivity contribution in [3.05, 3.63) is 42.2 Å². The highest BCUT2D eigenvalue weighted by Crippen LogP contribution is 2.24. The van der Waals surface area contributed by atoms with Gasteiger partial charge >= 0.3 is 0 Å². The maximum atomic E-state index is 13.3. The third-order valence-corrected chi connectivity index (χ3v) is 2.94. The van der Waals surface area contributed by atoms with Crippen LogP contribution in [0, 0.1) is 5.82 Å². The van der Waals surface area contributed by atoms with Crippen molar-refractivity contribution >= 4 is 5.69 Å². The first-order chi connectivity index (χ1) is 9.15. The lowest BCUT2D eigenvalue weighted by Crippen LogP contribution is -2.22. The van der Waals surface area contributed by atoms with Gasteiger partial charge in [-0.1, -0.05) is 0 Å². The Kier molecular flexibility index (Phi) is 4.01. The summed E-state index contributed by atoms with van der Waals surface area (Å²) in [6.45, 7) is 0.402. The summed E-state index contributed by atoms with van der Waals surface area (Å²) < 4.78 is 20.2. The van der Waals surface area contributed by atoms with Gasteiger partial charge in [0, 0.05) is 25.3 Å². The normalized spacial score (nSPS) is 12.2. The lowest BCUT2D eigenvalue weighted by atomic mass is 10.2. The zero-order valence-electron chi connectivity index (χ0n) is 10.9. The molecular weight excluding hydrogens is 247 g/mol. The van der Waals surface area contributed by atoms with Crippen LogP contribution in [0.4, 0.5) is 10.1 Å². The number of benzene rings is 1. The number of rotatable bonds is 5. The molecule has 0 amide bonds.